The van der Waals surface area contributed by atoms with E-state index in [1.54, 1.807) is 48.5 Å². The normalized spacial score (nSPS) is 11.6. The Balaban J connectivity index is 1.63. The van der Waals surface area contributed by atoms with E-state index in [-0.39, 0.29) is 23.7 Å². The SMILES string of the molecule is O=C(N[C@@H](Cc1ccc(OCc2c(Cl)cccc2Cl)cc1)C(=O)O)c1cccnc1Cl. The van der Waals surface area contributed by atoms with Gasteiger partial charge in [-0.3, -0.25) is 4.79 Å². The van der Waals surface area contributed by atoms with Crippen LogP contribution >= 0.6 is 34.8 Å². The third-order valence-electron chi connectivity index (χ3n) is 4.42. The van der Waals surface area contributed by atoms with Crippen LogP contribution in [0.4, 0.5) is 0 Å². The lowest BCUT2D eigenvalue weighted by atomic mass is 10.1. The minimum atomic E-state index is -1.16. The number of amides is 1. The van der Waals surface area contributed by atoms with Crippen molar-refractivity contribution in [1.82, 2.24) is 10.3 Å². The van der Waals surface area contributed by atoms with Gasteiger partial charge in [-0.25, -0.2) is 9.78 Å². The summed E-state index contributed by atoms with van der Waals surface area (Å²) in [6, 6.07) is 14.0. The fourth-order valence-electron chi connectivity index (χ4n) is 2.77. The van der Waals surface area contributed by atoms with Crippen LogP contribution in [0.5, 0.6) is 5.75 Å². The summed E-state index contributed by atoms with van der Waals surface area (Å²) in [5.74, 6) is -1.21. The Hall–Kier alpha value is -2.80. The van der Waals surface area contributed by atoms with Gasteiger partial charge in [0.1, 0.15) is 23.6 Å². The topological polar surface area (TPSA) is 88.5 Å². The molecule has 2 N–H and O–H groups in total. The molecule has 0 aliphatic heterocycles. The molecule has 1 heterocycles. The molecule has 3 rings (SSSR count). The molecular weight excluding hydrogens is 463 g/mol. The molecule has 0 radical (unpaired) electrons. The number of carbonyl (C=O) groups is 2. The average molecular weight is 480 g/mol. The molecule has 2 aromatic carbocycles. The first kappa shape index (κ1) is 22.9. The number of aromatic nitrogens is 1. The number of hydrogen-bond acceptors (Lipinski definition) is 4. The van der Waals surface area contributed by atoms with Gasteiger partial charge in [0.25, 0.3) is 5.91 Å². The number of pyridine rings is 1. The van der Waals surface area contributed by atoms with Crippen molar-refractivity contribution >= 4 is 46.7 Å². The highest BCUT2D eigenvalue weighted by atomic mass is 35.5. The second-order valence-corrected chi connectivity index (χ2v) is 7.72. The summed E-state index contributed by atoms with van der Waals surface area (Å²) in [5.41, 5.74) is 1.49. The van der Waals surface area contributed by atoms with Gasteiger partial charge in [0.2, 0.25) is 0 Å². The molecule has 6 nitrogen and oxygen atoms in total. The lowest BCUT2D eigenvalue weighted by molar-refractivity contribution is -0.139. The summed E-state index contributed by atoms with van der Waals surface area (Å²) in [7, 11) is 0. The molecule has 0 aliphatic rings. The van der Waals surface area contributed by atoms with Crippen LogP contribution in [-0.4, -0.2) is 28.0 Å². The maximum atomic E-state index is 12.4. The molecule has 0 bridgehead atoms. The number of ether oxygens (including phenoxy) is 1. The fraction of sp³-hybridized carbons (Fsp3) is 0.136. The number of rotatable bonds is 8. The first-order valence-corrected chi connectivity index (χ1v) is 10.3. The molecule has 0 unspecified atom stereocenters. The van der Waals surface area contributed by atoms with Crippen molar-refractivity contribution in [2.24, 2.45) is 0 Å². The van der Waals surface area contributed by atoms with Gasteiger partial charge in [-0.05, 0) is 42.0 Å². The average Bonchev–Trinajstić information content (AvgIpc) is 2.74. The lowest BCUT2D eigenvalue weighted by Crippen LogP contribution is -2.42. The molecule has 160 valence electrons. The van der Waals surface area contributed by atoms with E-state index in [0.29, 0.717) is 26.9 Å². The second kappa shape index (κ2) is 10.5. The van der Waals surface area contributed by atoms with E-state index in [2.05, 4.69) is 10.3 Å². The molecule has 1 atom stereocenters. The van der Waals surface area contributed by atoms with Crippen LogP contribution in [0.2, 0.25) is 15.2 Å². The molecular formula is C22H17Cl3N2O4. The van der Waals surface area contributed by atoms with Crippen molar-refractivity contribution in [3.8, 4) is 5.75 Å². The zero-order valence-electron chi connectivity index (χ0n) is 16.0. The number of nitrogens with zero attached hydrogens (tertiary/aromatic N) is 1. The van der Waals surface area contributed by atoms with Crippen molar-refractivity contribution in [2.75, 3.05) is 0 Å². The minimum Gasteiger partial charge on any atom is -0.489 e. The highest BCUT2D eigenvalue weighted by Gasteiger charge is 2.22. The van der Waals surface area contributed by atoms with Gasteiger partial charge in [-0.1, -0.05) is 53.0 Å². The third kappa shape index (κ3) is 6.10. The summed E-state index contributed by atoms with van der Waals surface area (Å²) in [6.07, 6.45) is 1.52. The fourth-order valence-corrected chi connectivity index (χ4v) is 3.49. The largest absolute Gasteiger partial charge is 0.489 e. The van der Waals surface area contributed by atoms with Gasteiger partial charge in [0, 0.05) is 28.2 Å². The molecule has 0 spiro atoms. The molecule has 0 saturated heterocycles. The van der Waals surface area contributed by atoms with Crippen molar-refractivity contribution < 1.29 is 19.4 Å². The van der Waals surface area contributed by atoms with Gasteiger partial charge in [0.15, 0.2) is 0 Å². The first-order valence-electron chi connectivity index (χ1n) is 9.14. The van der Waals surface area contributed by atoms with Crippen LogP contribution in [0, 0.1) is 0 Å². The van der Waals surface area contributed by atoms with E-state index in [1.807, 2.05) is 0 Å². The Morgan fingerprint density at radius 2 is 1.68 bits per heavy atom. The number of carboxylic acids is 1. The van der Waals surface area contributed by atoms with E-state index in [0.717, 1.165) is 0 Å². The van der Waals surface area contributed by atoms with E-state index < -0.39 is 17.9 Å². The number of carbonyl (C=O) groups excluding carboxylic acids is 1. The second-order valence-electron chi connectivity index (χ2n) is 6.54. The number of halogens is 3. The number of carboxylic acid groups (broad SMARTS) is 1. The van der Waals surface area contributed by atoms with E-state index in [1.165, 1.54) is 12.3 Å². The smallest absolute Gasteiger partial charge is 0.326 e. The number of hydrogen-bond donors (Lipinski definition) is 2. The first-order chi connectivity index (χ1) is 14.8. The highest BCUT2D eigenvalue weighted by Crippen LogP contribution is 2.26. The Bertz CT molecular complexity index is 1070. The monoisotopic (exact) mass is 478 g/mol. The van der Waals surface area contributed by atoms with Crippen molar-refractivity contribution in [3.63, 3.8) is 0 Å². The summed E-state index contributed by atoms with van der Waals surface area (Å²) < 4.78 is 5.72. The van der Waals surface area contributed by atoms with Gasteiger partial charge < -0.3 is 15.2 Å². The van der Waals surface area contributed by atoms with Crippen LogP contribution in [-0.2, 0) is 17.8 Å². The molecule has 9 heteroatoms. The molecule has 0 aliphatic carbocycles. The van der Waals surface area contributed by atoms with Crippen LogP contribution < -0.4 is 10.1 Å². The van der Waals surface area contributed by atoms with E-state index >= 15 is 0 Å². The highest BCUT2D eigenvalue weighted by molar-refractivity contribution is 6.36. The predicted octanol–water partition coefficient (Wildman–Crippen LogP) is 5.05. The molecule has 3 aromatic rings. The molecule has 0 saturated carbocycles. The Morgan fingerprint density at radius 3 is 2.29 bits per heavy atom. The third-order valence-corrected chi connectivity index (χ3v) is 5.42. The number of aliphatic carboxylic acids is 1. The quantitative estimate of drug-likeness (QED) is 0.442. The molecule has 0 fully saturated rings. The summed E-state index contributed by atoms with van der Waals surface area (Å²) in [4.78, 5) is 27.8. The minimum absolute atomic E-state index is 0.00395. The predicted molar refractivity (Wildman–Crippen MR) is 119 cm³/mol. The van der Waals surface area contributed by atoms with Crippen LogP contribution in [0.1, 0.15) is 21.5 Å². The molecule has 1 aromatic heterocycles. The van der Waals surface area contributed by atoms with Gasteiger partial charge >= 0.3 is 5.97 Å². The Kier molecular flexibility index (Phi) is 7.74. The zero-order chi connectivity index (χ0) is 22.4. The van der Waals surface area contributed by atoms with Gasteiger partial charge in [-0.2, -0.15) is 0 Å². The van der Waals surface area contributed by atoms with Crippen LogP contribution in [0.3, 0.4) is 0 Å². The van der Waals surface area contributed by atoms with Crippen molar-refractivity contribution in [3.05, 3.63) is 92.7 Å². The number of nitrogens with one attached hydrogen (secondary N) is 1. The molecule has 31 heavy (non-hydrogen) atoms. The Morgan fingerprint density at radius 1 is 1.00 bits per heavy atom. The number of benzene rings is 2. The van der Waals surface area contributed by atoms with Crippen LogP contribution in [0.15, 0.2) is 60.8 Å². The summed E-state index contributed by atoms with van der Waals surface area (Å²) >= 11 is 18.2. The lowest BCUT2D eigenvalue weighted by Gasteiger charge is -2.15. The van der Waals surface area contributed by atoms with Crippen LogP contribution in [0.25, 0.3) is 0 Å². The summed E-state index contributed by atoms with van der Waals surface area (Å²) in [5, 5.41) is 13.0. The van der Waals surface area contributed by atoms with E-state index in [4.69, 9.17) is 39.5 Å². The maximum absolute atomic E-state index is 12.4. The zero-order valence-corrected chi connectivity index (χ0v) is 18.3. The Labute approximate surface area is 193 Å². The standard InChI is InChI=1S/C22H17Cl3N2O4/c23-17-4-1-5-18(24)16(17)12-31-14-8-6-13(7-9-14)11-19(22(29)30)27-21(28)15-3-2-10-26-20(15)25/h1-10,19H,11-12H2,(H,27,28)(H,29,30)/t19-/m0/s1. The molecule has 1 amide bonds. The van der Waals surface area contributed by atoms with Crippen molar-refractivity contribution in [2.45, 2.75) is 19.1 Å². The summed E-state index contributed by atoms with van der Waals surface area (Å²) in [6.45, 7) is 0.192. The van der Waals surface area contributed by atoms with E-state index in [9.17, 15) is 14.7 Å². The van der Waals surface area contributed by atoms with Crippen molar-refractivity contribution in [1.29, 1.82) is 0 Å². The maximum Gasteiger partial charge on any atom is 0.326 e. The van der Waals surface area contributed by atoms with Gasteiger partial charge in [-0.15, -0.1) is 0 Å². The van der Waals surface area contributed by atoms with Gasteiger partial charge in [0.05, 0.1) is 5.56 Å².